The lowest BCUT2D eigenvalue weighted by Gasteiger charge is -2.31. The number of likely N-dealkylation sites (tertiary alicyclic amines) is 1. The third-order valence-corrected chi connectivity index (χ3v) is 4.38. The van der Waals surface area contributed by atoms with E-state index < -0.39 is 6.04 Å². The van der Waals surface area contributed by atoms with E-state index in [0.717, 1.165) is 25.8 Å². The fourth-order valence-corrected chi connectivity index (χ4v) is 2.98. The van der Waals surface area contributed by atoms with E-state index in [9.17, 15) is 9.59 Å². The van der Waals surface area contributed by atoms with Crippen LogP contribution in [0.3, 0.4) is 0 Å². The molecule has 1 aliphatic rings. The van der Waals surface area contributed by atoms with Crippen LogP contribution in [0.2, 0.25) is 0 Å². The van der Waals surface area contributed by atoms with Crippen LogP contribution in [0.1, 0.15) is 59.8 Å². The molecule has 23 heavy (non-hydrogen) atoms. The summed E-state index contributed by atoms with van der Waals surface area (Å²) in [5, 5.41) is 2.70. The van der Waals surface area contributed by atoms with Crippen molar-refractivity contribution in [3.63, 3.8) is 0 Å². The fourth-order valence-electron chi connectivity index (χ4n) is 2.98. The second kappa shape index (κ2) is 10.9. The number of hydrogen-bond donors (Lipinski definition) is 2. The first-order valence-corrected chi connectivity index (χ1v) is 8.65. The van der Waals surface area contributed by atoms with E-state index in [1.807, 2.05) is 18.7 Å². The smallest absolute Gasteiger partial charge is 0.242 e. The van der Waals surface area contributed by atoms with Crippen LogP contribution < -0.4 is 11.1 Å². The summed E-state index contributed by atoms with van der Waals surface area (Å²) in [6.45, 7) is 9.06. The SMILES string of the molecule is CC(C)CC1CCCCCN1C(=O)CNC(=O)[C@@H](N)C(C)C.Cl. The average Bonchev–Trinajstić information content (AvgIpc) is 2.68. The number of amides is 2. The maximum absolute atomic E-state index is 12.5. The standard InChI is InChI=1S/C17H33N3O2.ClH/c1-12(2)10-14-8-6-5-7-9-20(14)15(21)11-19-17(22)16(18)13(3)4;/h12-14,16H,5-11,18H2,1-4H3,(H,19,22);1H/t14?,16-;/m0./s1. The Morgan fingerprint density at radius 3 is 2.39 bits per heavy atom. The number of halogens is 1. The lowest BCUT2D eigenvalue weighted by atomic mass is 9.98. The number of rotatable bonds is 6. The van der Waals surface area contributed by atoms with Crippen LogP contribution in [0.4, 0.5) is 0 Å². The molecule has 0 aliphatic carbocycles. The fraction of sp³-hybridized carbons (Fsp3) is 0.882. The molecule has 6 heteroatoms. The van der Waals surface area contributed by atoms with Crippen LogP contribution in [0.25, 0.3) is 0 Å². The summed E-state index contributed by atoms with van der Waals surface area (Å²) in [5.41, 5.74) is 5.81. The number of nitrogens with two attached hydrogens (primary N) is 1. The first kappa shape index (κ1) is 22.2. The largest absolute Gasteiger partial charge is 0.346 e. The summed E-state index contributed by atoms with van der Waals surface area (Å²) in [6, 6.07) is -0.242. The lowest BCUT2D eigenvalue weighted by Crippen LogP contribution is -2.50. The van der Waals surface area contributed by atoms with Crippen molar-refractivity contribution in [2.75, 3.05) is 13.1 Å². The van der Waals surface area contributed by atoms with Gasteiger partial charge in [0.25, 0.3) is 0 Å². The zero-order valence-electron chi connectivity index (χ0n) is 15.0. The number of hydrogen-bond acceptors (Lipinski definition) is 3. The van der Waals surface area contributed by atoms with Crippen LogP contribution in [-0.2, 0) is 9.59 Å². The molecule has 0 aromatic carbocycles. The van der Waals surface area contributed by atoms with E-state index in [-0.39, 0.29) is 36.7 Å². The summed E-state index contributed by atoms with van der Waals surface area (Å²) in [4.78, 5) is 26.4. The number of nitrogens with zero attached hydrogens (tertiary/aromatic N) is 1. The maximum Gasteiger partial charge on any atom is 0.242 e. The summed E-state index contributed by atoms with van der Waals surface area (Å²) in [7, 11) is 0. The molecule has 0 aromatic heterocycles. The van der Waals surface area contributed by atoms with Crippen molar-refractivity contribution in [1.29, 1.82) is 0 Å². The lowest BCUT2D eigenvalue weighted by molar-refractivity contribution is -0.135. The molecule has 1 rings (SSSR count). The van der Waals surface area contributed by atoms with Gasteiger partial charge in [-0.05, 0) is 31.1 Å². The van der Waals surface area contributed by atoms with Gasteiger partial charge in [-0.2, -0.15) is 0 Å². The second-order valence-electron chi connectivity index (χ2n) is 7.21. The molecule has 0 saturated carbocycles. The van der Waals surface area contributed by atoms with Crippen molar-refractivity contribution in [1.82, 2.24) is 10.2 Å². The van der Waals surface area contributed by atoms with Crippen molar-refractivity contribution in [3.8, 4) is 0 Å². The highest BCUT2D eigenvalue weighted by molar-refractivity contribution is 5.87. The highest BCUT2D eigenvalue weighted by Crippen LogP contribution is 2.22. The van der Waals surface area contributed by atoms with E-state index in [2.05, 4.69) is 19.2 Å². The average molecular weight is 348 g/mol. The van der Waals surface area contributed by atoms with Gasteiger partial charge in [0.2, 0.25) is 11.8 Å². The molecule has 1 aliphatic heterocycles. The van der Waals surface area contributed by atoms with Crippen LogP contribution in [0, 0.1) is 11.8 Å². The Morgan fingerprint density at radius 1 is 1.17 bits per heavy atom. The molecule has 136 valence electrons. The van der Waals surface area contributed by atoms with E-state index in [4.69, 9.17) is 5.73 Å². The molecule has 0 aromatic rings. The Labute approximate surface area is 147 Å². The van der Waals surface area contributed by atoms with Gasteiger partial charge in [0.15, 0.2) is 0 Å². The summed E-state index contributed by atoms with van der Waals surface area (Å²) in [5.74, 6) is 0.430. The molecule has 3 N–H and O–H groups in total. The Morgan fingerprint density at radius 2 is 1.83 bits per heavy atom. The van der Waals surface area contributed by atoms with Crippen molar-refractivity contribution in [2.24, 2.45) is 17.6 Å². The van der Waals surface area contributed by atoms with Gasteiger partial charge < -0.3 is 16.0 Å². The van der Waals surface area contributed by atoms with Crippen LogP contribution >= 0.6 is 12.4 Å². The monoisotopic (exact) mass is 347 g/mol. The third-order valence-electron chi connectivity index (χ3n) is 4.38. The van der Waals surface area contributed by atoms with Gasteiger partial charge in [0, 0.05) is 12.6 Å². The second-order valence-corrected chi connectivity index (χ2v) is 7.21. The molecule has 2 atom stereocenters. The summed E-state index contributed by atoms with van der Waals surface area (Å²) < 4.78 is 0. The Bertz CT molecular complexity index is 375. The third kappa shape index (κ3) is 7.53. The molecular formula is C17H34ClN3O2. The zero-order valence-corrected chi connectivity index (χ0v) is 15.8. The highest BCUT2D eigenvalue weighted by Gasteiger charge is 2.26. The molecule has 0 bridgehead atoms. The Hall–Kier alpha value is -0.810. The number of carbonyl (C=O) groups excluding carboxylic acids is 2. The van der Waals surface area contributed by atoms with Crippen molar-refractivity contribution < 1.29 is 9.59 Å². The van der Waals surface area contributed by atoms with Gasteiger partial charge in [0.05, 0.1) is 12.6 Å². The molecule has 5 nitrogen and oxygen atoms in total. The van der Waals surface area contributed by atoms with E-state index in [1.165, 1.54) is 12.8 Å². The predicted octanol–water partition coefficient (Wildman–Crippen LogP) is 2.33. The van der Waals surface area contributed by atoms with Gasteiger partial charge in [-0.3, -0.25) is 9.59 Å². The number of nitrogens with one attached hydrogen (secondary N) is 1. The summed E-state index contributed by atoms with van der Waals surface area (Å²) in [6.07, 6.45) is 5.53. The first-order valence-electron chi connectivity index (χ1n) is 8.65. The topological polar surface area (TPSA) is 75.4 Å². The minimum absolute atomic E-state index is 0. The number of carbonyl (C=O) groups is 2. The van der Waals surface area contributed by atoms with Crippen LogP contribution in [0.5, 0.6) is 0 Å². The van der Waals surface area contributed by atoms with Crippen molar-refractivity contribution in [3.05, 3.63) is 0 Å². The van der Waals surface area contributed by atoms with Crippen LogP contribution in [0.15, 0.2) is 0 Å². The normalized spacial score (nSPS) is 20.0. The Kier molecular flexibility index (Phi) is 10.5. The zero-order chi connectivity index (χ0) is 16.7. The van der Waals surface area contributed by atoms with Gasteiger partial charge in [0.1, 0.15) is 0 Å². The van der Waals surface area contributed by atoms with Gasteiger partial charge in [-0.15, -0.1) is 12.4 Å². The molecule has 1 heterocycles. The molecule has 1 fully saturated rings. The maximum atomic E-state index is 12.5. The quantitative estimate of drug-likeness (QED) is 0.774. The first-order chi connectivity index (χ1) is 10.3. The predicted molar refractivity (Wildman–Crippen MR) is 96.5 cm³/mol. The molecular weight excluding hydrogens is 314 g/mol. The van der Waals surface area contributed by atoms with E-state index in [1.54, 1.807) is 0 Å². The molecule has 0 spiro atoms. The Balaban J connectivity index is 0.00000484. The molecule has 1 unspecified atom stereocenters. The van der Waals surface area contributed by atoms with Gasteiger partial charge in [-0.1, -0.05) is 40.5 Å². The van der Waals surface area contributed by atoms with Crippen molar-refractivity contribution in [2.45, 2.75) is 71.9 Å². The molecule has 0 radical (unpaired) electrons. The van der Waals surface area contributed by atoms with Crippen molar-refractivity contribution >= 4 is 24.2 Å². The molecule has 2 amide bonds. The van der Waals surface area contributed by atoms with Gasteiger partial charge >= 0.3 is 0 Å². The van der Waals surface area contributed by atoms with Gasteiger partial charge in [-0.25, -0.2) is 0 Å². The van der Waals surface area contributed by atoms with E-state index in [0.29, 0.717) is 12.0 Å². The minimum atomic E-state index is -0.552. The highest BCUT2D eigenvalue weighted by atomic mass is 35.5. The minimum Gasteiger partial charge on any atom is -0.346 e. The summed E-state index contributed by atoms with van der Waals surface area (Å²) >= 11 is 0. The van der Waals surface area contributed by atoms with E-state index >= 15 is 0 Å². The van der Waals surface area contributed by atoms with Crippen LogP contribution in [-0.4, -0.2) is 41.9 Å². The molecule has 1 saturated heterocycles.